The monoisotopic (exact) mass is 312 g/mol. The van der Waals surface area contributed by atoms with Crippen LogP contribution in [0.1, 0.15) is 48.0 Å². The Hall–Kier alpha value is -0.583. The van der Waals surface area contributed by atoms with Gasteiger partial charge in [-0.2, -0.15) is 0 Å². The Bertz CT molecular complexity index is 403. The molecular formula is C17H32O3Si. The summed E-state index contributed by atoms with van der Waals surface area (Å²) in [6, 6.07) is 0. The maximum Gasteiger partial charge on any atom is 0.250 e. The predicted octanol–water partition coefficient (Wildman–Crippen LogP) is 5.01. The van der Waals surface area contributed by atoms with Crippen molar-refractivity contribution in [2.45, 2.75) is 78.0 Å². The maximum atomic E-state index is 6.37. The van der Waals surface area contributed by atoms with Crippen LogP contribution < -0.4 is 0 Å². The van der Waals surface area contributed by atoms with Gasteiger partial charge in [-0.25, -0.2) is 0 Å². The van der Waals surface area contributed by atoms with Crippen molar-refractivity contribution in [2.75, 3.05) is 6.61 Å². The van der Waals surface area contributed by atoms with E-state index in [1.807, 2.05) is 26.0 Å². The molecule has 3 nitrogen and oxygen atoms in total. The Morgan fingerprint density at radius 2 is 1.95 bits per heavy atom. The lowest BCUT2D eigenvalue weighted by atomic mass is 10.2. The minimum atomic E-state index is -1.80. The topological polar surface area (TPSA) is 27.7 Å². The highest BCUT2D eigenvalue weighted by Crippen LogP contribution is 2.38. The maximum absolute atomic E-state index is 6.37. The molecule has 0 aliphatic carbocycles. The average Bonchev–Trinajstić information content (AvgIpc) is 2.64. The molecule has 0 aromatic rings. The summed E-state index contributed by atoms with van der Waals surface area (Å²) in [6.07, 6.45) is 7.19. The third kappa shape index (κ3) is 5.61. The van der Waals surface area contributed by atoms with Crippen LogP contribution in [0.5, 0.6) is 0 Å². The van der Waals surface area contributed by atoms with Crippen molar-refractivity contribution >= 4 is 8.32 Å². The molecule has 1 aliphatic rings. The molecule has 122 valence electrons. The van der Waals surface area contributed by atoms with Crippen LogP contribution >= 0.6 is 0 Å². The van der Waals surface area contributed by atoms with Crippen molar-refractivity contribution in [2.24, 2.45) is 0 Å². The Kier molecular flexibility index (Phi) is 5.87. The second-order valence-corrected chi connectivity index (χ2v) is 12.3. The largest absolute Gasteiger partial charge is 0.544 e. The van der Waals surface area contributed by atoms with Gasteiger partial charge >= 0.3 is 0 Å². The van der Waals surface area contributed by atoms with Gasteiger partial charge in [0.15, 0.2) is 5.79 Å². The summed E-state index contributed by atoms with van der Waals surface area (Å²) >= 11 is 0. The van der Waals surface area contributed by atoms with Crippen LogP contribution in [0, 0.1) is 0 Å². The van der Waals surface area contributed by atoms with Crippen molar-refractivity contribution in [1.29, 1.82) is 0 Å². The molecule has 1 aliphatic heterocycles. The molecular weight excluding hydrogens is 280 g/mol. The van der Waals surface area contributed by atoms with Crippen molar-refractivity contribution in [3.05, 3.63) is 24.0 Å². The van der Waals surface area contributed by atoms with Crippen LogP contribution in [0.25, 0.3) is 0 Å². The van der Waals surface area contributed by atoms with E-state index in [1.165, 1.54) is 0 Å². The number of allylic oxidation sites excluding steroid dienone is 2. The Morgan fingerprint density at radius 1 is 1.33 bits per heavy atom. The zero-order valence-corrected chi connectivity index (χ0v) is 15.9. The van der Waals surface area contributed by atoms with Gasteiger partial charge in [0, 0.05) is 0 Å². The van der Waals surface area contributed by atoms with E-state index in [-0.39, 0.29) is 11.1 Å². The first-order valence-corrected chi connectivity index (χ1v) is 10.8. The molecule has 21 heavy (non-hydrogen) atoms. The van der Waals surface area contributed by atoms with Crippen molar-refractivity contribution in [3.8, 4) is 0 Å². The number of hydrogen-bond acceptors (Lipinski definition) is 3. The summed E-state index contributed by atoms with van der Waals surface area (Å²) in [7, 11) is -1.80. The second kappa shape index (κ2) is 6.67. The van der Waals surface area contributed by atoms with Crippen LogP contribution in [-0.2, 0) is 13.9 Å². The fourth-order valence-electron chi connectivity index (χ4n) is 1.81. The van der Waals surface area contributed by atoms with Gasteiger partial charge < -0.3 is 13.9 Å². The first-order chi connectivity index (χ1) is 9.47. The molecule has 0 saturated carbocycles. The smallest absolute Gasteiger partial charge is 0.250 e. The van der Waals surface area contributed by atoms with Gasteiger partial charge in [0.25, 0.3) is 0 Å². The van der Waals surface area contributed by atoms with E-state index in [0.29, 0.717) is 6.61 Å². The molecule has 1 saturated heterocycles. The summed E-state index contributed by atoms with van der Waals surface area (Å²) in [5, 5.41) is 0.197. The van der Waals surface area contributed by atoms with Crippen LogP contribution in [0.4, 0.5) is 0 Å². The highest BCUT2D eigenvalue weighted by atomic mass is 28.4. The summed E-state index contributed by atoms with van der Waals surface area (Å²) in [4.78, 5) is 0. The molecule has 0 aromatic heterocycles. The molecule has 0 aromatic carbocycles. The Labute approximate surface area is 131 Å². The standard InChI is InChI=1S/C17H32O3Si/c1-9-10-14(20-21(7,8)16(2,3)4)11-12-15-13-18-17(5,6)19-15/h10-12,15H,9,13H2,1-8H3/b12-11+,14-10-/t15-/m0/s1. The van der Waals surface area contributed by atoms with E-state index in [1.54, 1.807) is 0 Å². The fraction of sp³-hybridized carbons (Fsp3) is 0.765. The van der Waals surface area contributed by atoms with Crippen molar-refractivity contribution < 1.29 is 13.9 Å². The third-order valence-electron chi connectivity index (χ3n) is 4.09. The van der Waals surface area contributed by atoms with E-state index >= 15 is 0 Å². The lowest BCUT2D eigenvalue weighted by Gasteiger charge is -2.36. The van der Waals surface area contributed by atoms with Gasteiger partial charge in [0.05, 0.1) is 12.4 Å². The van der Waals surface area contributed by atoms with Crippen LogP contribution in [-0.4, -0.2) is 26.8 Å². The van der Waals surface area contributed by atoms with E-state index in [4.69, 9.17) is 13.9 Å². The van der Waals surface area contributed by atoms with Gasteiger partial charge in [0.1, 0.15) is 6.10 Å². The molecule has 1 rings (SSSR count). The highest BCUT2D eigenvalue weighted by molar-refractivity contribution is 6.74. The minimum Gasteiger partial charge on any atom is -0.544 e. The van der Waals surface area contributed by atoms with Crippen molar-refractivity contribution in [1.82, 2.24) is 0 Å². The summed E-state index contributed by atoms with van der Waals surface area (Å²) < 4.78 is 17.7. The molecule has 0 bridgehead atoms. The van der Waals surface area contributed by atoms with Gasteiger partial charge in [-0.05, 0) is 56.6 Å². The molecule has 0 unspecified atom stereocenters. The van der Waals surface area contributed by atoms with Crippen molar-refractivity contribution in [3.63, 3.8) is 0 Å². The SMILES string of the molecule is CC/C=C(/C=C/[C@H]1COC(C)(C)O1)O[Si](C)(C)C(C)(C)C. The summed E-state index contributed by atoms with van der Waals surface area (Å²) in [5.41, 5.74) is 0. The number of ether oxygens (including phenoxy) is 2. The lowest BCUT2D eigenvalue weighted by Crippen LogP contribution is -2.40. The molecule has 1 heterocycles. The summed E-state index contributed by atoms with van der Waals surface area (Å²) in [6.45, 7) is 17.9. The van der Waals surface area contributed by atoms with Gasteiger partial charge in [-0.3, -0.25) is 0 Å². The zero-order valence-electron chi connectivity index (χ0n) is 14.9. The molecule has 0 radical (unpaired) electrons. The molecule has 0 amide bonds. The van der Waals surface area contributed by atoms with E-state index in [2.05, 4.69) is 46.9 Å². The van der Waals surface area contributed by atoms with Gasteiger partial charge in [-0.15, -0.1) is 0 Å². The van der Waals surface area contributed by atoms with E-state index < -0.39 is 14.1 Å². The normalized spacial score (nSPS) is 23.8. The summed E-state index contributed by atoms with van der Waals surface area (Å²) in [5.74, 6) is 0.474. The highest BCUT2D eigenvalue weighted by Gasteiger charge is 2.39. The Morgan fingerprint density at radius 3 is 2.38 bits per heavy atom. The molecule has 4 heteroatoms. The predicted molar refractivity (Wildman–Crippen MR) is 90.7 cm³/mol. The number of hydrogen-bond donors (Lipinski definition) is 0. The molecule has 0 N–H and O–H groups in total. The first kappa shape index (κ1) is 18.5. The van der Waals surface area contributed by atoms with Crippen LogP contribution in [0.15, 0.2) is 24.0 Å². The van der Waals surface area contributed by atoms with E-state index in [9.17, 15) is 0 Å². The quantitative estimate of drug-likeness (QED) is 0.406. The van der Waals surface area contributed by atoms with Gasteiger partial charge in [-0.1, -0.05) is 27.7 Å². The zero-order chi connectivity index (χ0) is 16.3. The minimum absolute atomic E-state index is 0.00303. The fourth-order valence-corrected chi connectivity index (χ4v) is 2.85. The lowest BCUT2D eigenvalue weighted by molar-refractivity contribution is -0.133. The Balaban J connectivity index is 2.74. The first-order valence-electron chi connectivity index (χ1n) is 7.86. The van der Waals surface area contributed by atoms with Gasteiger partial charge in [0.2, 0.25) is 8.32 Å². The third-order valence-corrected chi connectivity index (χ3v) is 8.45. The van der Waals surface area contributed by atoms with E-state index in [0.717, 1.165) is 12.2 Å². The average molecular weight is 313 g/mol. The molecule has 1 fully saturated rings. The van der Waals surface area contributed by atoms with Crippen LogP contribution in [0.3, 0.4) is 0 Å². The molecule has 1 atom stereocenters. The second-order valence-electron chi connectivity index (χ2n) is 7.60. The number of rotatable bonds is 5. The molecule has 0 spiro atoms. The van der Waals surface area contributed by atoms with Crippen LogP contribution in [0.2, 0.25) is 18.1 Å².